The molecule has 0 amide bonds. The Bertz CT molecular complexity index is 144. The van der Waals surface area contributed by atoms with Gasteiger partial charge < -0.3 is 0 Å². The van der Waals surface area contributed by atoms with Gasteiger partial charge in [0.05, 0.1) is 0 Å². The third kappa shape index (κ3) is 1.85. The molecule has 2 unspecified atom stereocenters. The van der Waals surface area contributed by atoms with E-state index in [0.29, 0.717) is 0 Å². The fourth-order valence-corrected chi connectivity index (χ4v) is 2.14. The van der Waals surface area contributed by atoms with Crippen molar-refractivity contribution in [3.05, 3.63) is 11.6 Å². The maximum atomic E-state index is 2.33. The molecule has 11 heavy (non-hydrogen) atoms. The predicted molar refractivity (Wildman–Crippen MR) is 50.6 cm³/mol. The van der Waals surface area contributed by atoms with Gasteiger partial charge >= 0.3 is 0 Å². The molecule has 0 aromatic heterocycles. The van der Waals surface area contributed by atoms with Crippen LogP contribution in [0.3, 0.4) is 0 Å². The Labute approximate surface area is 70.7 Å². The number of hydrogen-bond donors (Lipinski definition) is 0. The number of rotatable bonds is 4. The normalized spacial score (nSPS) is 32.8. The van der Waals surface area contributed by atoms with E-state index in [1.165, 1.54) is 25.7 Å². The average molecular weight is 152 g/mol. The summed E-state index contributed by atoms with van der Waals surface area (Å²) in [5, 5.41) is 0. The second-order valence-electron chi connectivity index (χ2n) is 3.55. The molecule has 1 aliphatic rings. The van der Waals surface area contributed by atoms with E-state index in [1.807, 2.05) is 0 Å². The zero-order chi connectivity index (χ0) is 8.27. The highest BCUT2D eigenvalue weighted by molar-refractivity contribution is 5.28. The molecule has 0 nitrogen and oxygen atoms in total. The summed E-state index contributed by atoms with van der Waals surface area (Å²) in [6, 6.07) is 0. The van der Waals surface area contributed by atoms with E-state index in [-0.39, 0.29) is 0 Å². The molecule has 1 aliphatic carbocycles. The summed E-state index contributed by atoms with van der Waals surface area (Å²) in [6.07, 6.45) is 7.89. The highest BCUT2D eigenvalue weighted by Gasteiger charge is 2.40. The monoisotopic (exact) mass is 152 g/mol. The van der Waals surface area contributed by atoms with Crippen molar-refractivity contribution in [3.63, 3.8) is 0 Å². The van der Waals surface area contributed by atoms with Gasteiger partial charge in [-0.2, -0.15) is 0 Å². The van der Waals surface area contributed by atoms with Crippen LogP contribution in [0.4, 0.5) is 0 Å². The zero-order valence-corrected chi connectivity index (χ0v) is 8.06. The maximum Gasteiger partial charge on any atom is -0.0135 e. The third-order valence-corrected chi connectivity index (χ3v) is 2.87. The molecular formula is C11H20. The first-order chi connectivity index (χ1) is 5.35. The van der Waals surface area contributed by atoms with Gasteiger partial charge in [-0.3, -0.25) is 0 Å². The molecule has 2 atom stereocenters. The van der Waals surface area contributed by atoms with Gasteiger partial charge in [0.25, 0.3) is 0 Å². The third-order valence-electron chi connectivity index (χ3n) is 2.87. The van der Waals surface area contributed by atoms with Crippen molar-refractivity contribution < 1.29 is 0 Å². The van der Waals surface area contributed by atoms with Crippen LogP contribution in [0.25, 0.3) is 0 Å². The van der Waals surface area contributed by atoms with E-state index in [0.717, 1.165) is 11.8 Å². The number of unbranched alkanes of at least 4 members (excludes halogenated alkanes) is 1. The molecule has 0 radical (unpaired) electrons. The molecule has 1 rings (SSSR count). The molecule has 0 heterocycles. The summed E-state index contributed by atoms with van der Waals surface area (Å²) in [5.41, 5.74) is 1.74. The lowest BCUT2D eigenvalue weighted by Gasteiger charge is -1.92. The molecule has 0 spiro atoms. The van der Waals surface area contributed by atoms with Crippen molar-refractivity contribution in [2.24, 2.45) is 11.8 Å². The number of allylic oxidation sites excluding steroid dienone is 2. The van der Waals surface area contributed by atoms with Crippen molar-refractivity contribution in [2.75, 3.05) is 0 Å². The van der Waals surface area contributed by atoms with Crippen molar-refractivity contribution in [1.29, 1.82) is 0 Å². The summed E-state index contributed by atoms with van der Waals surface area (Å²) in [4.78, 5) is 0. The van der Waals surface area contributed by atoms with E-state index >= 15 is 0 Å². The molecule has 64 valence electrons. The first-order valence-electron chi connectivity index (χ1n) is 5.01. The van der Waals surface area contributed by atoms with Crippen molar-refractivity contribution >= 4 is 0 Å². The van der Waals surface area contributed by atoms with Gasteiger partial charge in [-0.15, -0.1) is 0 Å². The fraction of sp³-hybridized carbons (Fsp3) is 0.818. The highest BCUT2D eigenvalue weighted by atomic mass is 14.4. The second kappa shape index (κ2) is 3.94. The van der Waals surface area contributed by atoms with Crippen LogP contribution in [0.2, 0.25) is 0 Å². The van der Waals surface area contributed by atoms with E-state index < -0.39 is 0 Å². The Morgan fingerprint density at radius 3 is 2.36 bits per heavy atom. The summed E-state index contributed by atoms with van der Waals surface area (Å²) in [5.74, 6) is 1.94. The lowest BCUT2D eigenvalue weighted by molar-refractivity contribution is 0.595. The predicted octanol–water partition coefficient (Wildman–Crippen LogP) is 3.78. The van der Waals surface area contributed by atoms with Crippen molar-refractivity contribution in [3.8, 4) is 0 Å². The van der Waals surface area contributed by atoms with Gasteiger partial charge in [-0.1, -0.05) is 38.3 Å². The van der Waals surface area contributed by atoms with Crippen LogP contribution in [-0.4, -0.2) is 0 Å². The smallest absolute Gasteiger partial charge is 0.0135 e. The quantitative estimate of drug-likeness (QED) is 0.538. The molecule has 0 bridgehead atoms. The Balaban J connectivity index is 2.27. The van der Waals surface area contributed by atoms with Crippen LogP contribution < -0.4 is 0 Å². The lowest BCUT2D eigenvalue weighted by atomic mass is 10.1. The minimum atomic E-state index is 0.964. The van der Waals surface area contributed by atoms with E-state index in [9.17, 15) is 0 Å². The molecule has 1 fully saturated rings. The van der Waals surface area contributed by atoms with Gasteiger partial charge in [0, 0.05) is 0 Å². The first-order valence-corrected chi connectivity index (χ1v) is 5.01. The Kier molecular flexibility index (Phi) is 3.16. The van der Waals surface area contributed by atoms with Crippen LogP contribution in [0.1, 0.15) is 46.5 Å². The lowest BCUT2D eigenvalue weighted by Crippen LogP contribution is -1.80. The number of hydrogen-bond acceptors (Lipinski definition) is 0. The van der Waals surface area contributed by atoms with Gasteiger partial charge in [0.1, 0.15) is 0 Å². The van der Waals surface area contributed by atoms with Crippen LogP contribution >= 0.6 is 0 Å². The van der Waals surface area contributed by atoms with Gasteiger partial charge in [0.2, 0.25) is 0 Å². The van der Waals surface area contributed by atoms with Gasteiger partial charge in [-0.05, 0) is 31.6 Å². The van der Waals surface area contributed by atoms with Crippen molar-refractivity contribution in [2.45, 2.75) is 46.5 Å². The molecular weight excluding hydrogens is 132 g/mol. The maximum absolute atomic E-state index is 2.33. The van der Waals surface area contributed by atoms with Crippen molar-refractivity contribution in [1.82, 2.24) is 0 Å². The molecule has 0 heteroatoms. The zero-order valence-electron chi connectivity index (χ0n) is 8.06. The fourth-order valence-electron chi connectivity index (χ4n) is 2.14. The SMILES string of the molecule is C/C=C1\C(CC)C1CCCC. The largest absolute Gasteiger partial charge is 0.0879 e. The summed E-state index contributed by atoms with van der Waals surface area (Å²) in [6.45, 7) is 6.77. The first kappa shape index (κ1) is 8.83. The van der Waals surface area contributed by atoms with Gasteiger partial charge in [0.15, 0.2) is 0 Å². The molecule has 1 saturated carbocycles. The van der Waals surface area contributed by atoms with Crippen LogP contribution in [0.5, 0.6) is 0 Å². The second-order valence-corrected chi connectivity index (χ2v) is 3.55. The van der Waals surface area contributed by atoms with Gasteiger partial charge in [-0.25, -0.2) is 0 Å². The Hall–Kier alpha value is -0.260. The standard InChI is InChI=1S/C11H20/c1-4-7-8-11-9(5-2)10(11)6-3/h5,10-11H,4,6-8H2,1-3H3/b9-5+. The van der Waals surface area contributed by atoms with E-state index in [4.69, 9.17) is 0 Å². The van der Waals surface area contributed by atoms with Crippen LogP contribution in [0.15, 0.2) is 11.6 Å². The molecule has 0 N–H and O–H groups in total. The molecule has 0 aliphatic heterocycles. The highest BCUT2D eigenvalue weighted by Crippen LogP contribution is 2.50. The minimum Gasteiger partial charge on any atom is -0.0879 e. The average Bonchev–Trinajstić information content (AvgIpc) is 2.73. The minimum absolute atomic E-state index is 0.964. The van der Waals surface area contributed by atoms with E-state index in [2.05, 4.69) is 26.8 Å². The summed E-state index contributed by atoms with van der Waals surface area (Å²) < 4.78 is 0. The Morgan fingerprint density at radius 1 is 1.27 bits per heavy atom. The summed E-state index contributed by atoms with van der Waals surface area (Å²) in [7, 11) is 0. The molecule has 0 saturated heterocycles. The van der Waals surface area contributed by atoms with Crippen LogP contribution in [-0.2, 0) is 0 Å². The summed E-state index contributed by atoms with van der Waals surface area (Å²) >= 11 is 0. The molecule has 0 aromatic carbocycles. The topological polar surface area (TPSA) is 0 Å². The Morgan fingerprint density at radius 2 is 2.00 bits per heavy atom. The van der Waals surface area contributed by atoms with E-state index in [1.54, 1.807) is 5.57 Å². The molecule has 0 aromatic rings. The van der Waals surface area contributed by atoms with Crippen LogP contribution in [0, 0.1) is 11.8 Å².